The van der Waals surface area contributed by atoms with Gasteiger partial charge in [-0.3, -0.25) is 0 Å². The fourth-order valence-corrected chi connectivity index (χ4v) is 9.54. The van der Waals surface area contributed by atoms with E-state index in [0.717, 1.165) is 11.3 Å². The molecule has 0 spiro atoms. The maximum atomic E-state index is 14.4. The van der Waals surface area contributed by atoms with Gasteiger partial charge in [-0.2, -0.15) is 8.78 Å². The van der Waals surface area contributed by atoms with Gasteiger partial charge in [0, 0.05) is 5.75 Å². The van der Waals surface area contributed by atoms with Crippen molar-refractivity contribution in [2.75, 3.05) is 7.11 Å². The Morgan fingerprint density at radius 3 is 1.88 bits per heavy atom. The first-order valence-electron chi connectivity index (χ1n) is 8.74. The molecule has 1 rings (SSSR count). The van der Waals surface area contributed by atoms with Gasteiger partial charge in [0.15, 0.2) is 0 Å². The van der Waals surface area contributed by atoms with E-state index in [1.54, 1.807) is 19.2 Å². The second-order valence-electron chi connectivity index (χ2n) is 7.30. The van der Waals surface area contributed by atoms with Crippen LogP contribution in [0.1, 0.15) is 47.1 Å². The number of halogens is 2. The van der Waals surface area contributed by atoms with Gasteiger partial charge in [0.2, 0.25) is 0 Å². The minimum absolute atomic E-state index is 0.227. The van der Waals surface area contributed by atoms with Crippen molar-refractivity contribution in [1.29, 1.82) is 0 Å². The summed E-state index contributed by atoms with van der Waals surface area (Å²) < 4.78 is 33.8. The zero-order chi connectivity index (χ0) is 19.3. The standard InChI is InChI=1S/C20H30F2OSSi/c1-15(2)25(16(3)4,17(5)6)13-12-20(21,22)24-14-18-8-10-19(23-7)11-9-18/h8-11,15-17H,14H2,1-7H3. The molecular formula is C20H30F2OSSi. The minimum Gasteiger partial charge on any atom is -0.497 e. The minimum atomic E-state index is -3.03. The smallest absolute Gasteiger partial charge is 0.356 e. The van der Waals surface area contributed by atoms with Gasteiger partial charge < -0.3 is 4.74 Å². The number of rotatable bonds is 7. The molecule has 0 aliphatic heterocycles. The molecule has 25 heavy (non-hydrogen) atoms. The molecule has 5 heteroatoms. The molecule has 0 saturated heterocycles. The highest BCUT2D eigenvalue weighted by molar-refractivity contribution is 7.99. The van der Waals surface area contributed by atoms with Crippen molar-refractivity contribution in [2.24, 2.45) is 0 Å². The van der Waals surface area contributed by atoms with E-state index in [9.17, 15) is 8.78 Å². The number of hydrogen-bond donors (Lipinski definition) is 0. The molecule has 1 nitrogen and oxygen atoms in total. The first-order valence-corrected chi connectivity index (χ1v) is 12.0. The highest BCUT2D eigenvalue weighted by Crippen LogP contribution is 2.41. The fraction of sp³-hybridized carbons (Fsp3) is 0.600. The van der Waals surface area contributed by atoms with Gasteiger partial charge in [0.05, 0.1) is 7.11 Å². The Kier molecular flexibility index (Phi) is 8.02. The van der Waals surface area contributed by atoms with E-state index in [0.29, 0.717) is 28.4 Å². The van der Waals surface area contributed by atoms with Crippen LogP contribution in [0.15, 0.2) is 24.3 Å². The number of benzene rings is 1. The van der Waals surface area contributed by atoms with Crippen molar-refractivity contribution < 1.29 is 13.5 Å². The lowest BCUT2D eigenvalue weighted by Gasteiger charge is -2.38. The lowest BCUT2D eigenvalue weighted by atomic mass is 10.2. The van der Waals surface area contributed by atoms with Gasteiger partial charge >= 0.3 is 5.25 Å². The molecule has 1 aromatic carbocycles. The SMILES string of the molecule is COc1ccc(CSC(F)(F)C#C[Si](C(C)C)(C(C)C)C(C)C)cc1. The van der Waals surface area contributed by atoms with E-state index in [-0.39, 0.29) is 5.75 Å². The van der Waals surface area contributed by atoms with Gasteiger partial charge in [-0.05, 0) is 40.2 Å². The Balaban J connectivity index is 2.92. The van der Waals surface area contributed by atoms with Crippen molar-refractivity contribution >= 4 is 19.8 Å². The predicted octanol–water partition coefficient (Wildman–Crippen LogP) is 6.74. The first-order chi connectivity index (χ1) is 11.5. The molecule has 0 aliphatic carbocycles. The van der Waals surface area contributed by atoms with Crippen molar-refractivity contribution in [3.63, 3.8) is 0 Å². The number of thioether (sulfide) groups is 1. The maximum Gasteiger partial charge on any atom is 0.356 e. The van der Waals surface area contributed by atoms with Crippen LogP contribution >= 0.6 is 11.8 Å². The summed E-state index contributed by atoms with van der Waals surface area (Å²) in [6.07, 6.45) is 0. The second kappa shape index (κ2) is 9.09. The van der Waals surface area contributed by atoms with Crippen LogP contribution in [0.25, 0.3) is 0 Å². The number of alkyl halides is 2. The third kappa shape index (κ3) is 5.75. The van der Waals surface area contributed by atoms with Crippen LogP contribution in [0.4, 0.5) is 8.78 Å². The Hall–Kier alpha value is -0.993. The van der Waals surface area contributed by atoms with Crippen molar-refractivity contribution in [3.05, 3.63) is 29.8 Å². The molecule has 0 heterocycles. The molecule has 0 atom stereocenters. The molecule has 1 aromatic rings. The molecule has 0 fully saturated rings. The number of ether oxygens (including phenoxy) is 1. The molecule has 0 bridgehead atoms. The molecule has 0 aromatic heterocycles. The lowest BCUT2D eigenvalue weighted by molar-refractivity contribution is 0.174. The summed E-state index contributed by atoms with van der Waals surface area (Å²) >= 11 is 0.596. The van der Waals surface area contributed by atoms with Gasteiger partial charge in [-0.25, -0.2) is 0 Å². The summed E-state index contributed by atoms with van der Waals surface area (Å²) in [5, 5.41) is -3.03. The maximum absolute atomic E-state index is 14.4. The summed E-state index contributed by atoms with van der Waals surface area (Å²) in [7, 11) is -0.544. The monoisotopic (exact) mass is 384 g/mol. The zero-order valence-corrected chi connectivity index (χ0v) is 18.1. The van der Waals surface area contributed by atoms with E-state index >= 15 is 0 Å². The molecule has 0 unspecified atom stereocenters. The lowest BCUT2D eigenvalue weighted by Crippen LogP contribution is -2.43. The molecular weight excluding hydrogens is 354 g/mol. The highest BCUT2D eigenvalue weighted by Gasteiger charge is 2.42. The van der Waals surface area contributed by atoms with Crippen molar-refractivity contribution in [3.8, 4) is 17.2 Å². The van der Waals surface area contributed by atoms with Gasteiger partial charge in [0.25, 0.3) is 0 Å². The first kappa shape index (κ1) is 22.0. The number of hydrogen-bond acceptors (Lipinski definition) is 2. The number of methoxy groups -OCH3 is 1. The topological polar surface area (TPSA) is 9.23 Å². The van der Waals surface area contributed by atoms with E-state index < -0.39 is 13.3 Å². The Morgan fingerprint density at radius 2 is 1.48 bits per heavy atom. The normalized spacial score (nSPS) is 12.5. The Morgan fingerprint density at radius 1 is 1.00 bits per heavy atom. The molecule has 0 saturated carbocycles. The van der Waals surface area contributed by atoms with Crippen LogP contribution in [0, 0.1) is 11.5 Å². The summed E-state index contributed by atoms with van der Waals surface area (Å²) in [6, 6.07) is 7.19. The van der Waals surface area contributed by atoms with Gasteiger partial charge in [-0.15, -0.1) is 5.54 Å². The van der Waals surface area contributed by atoms with E-state index in [4.69, 9.17) is 4.74 Å². The Bertz CT molecular complexity index is 579. The zero-order valence-electron chi connectivity index (χ0n) is 16.3. The quantitative estimate of drug-likeness (QED) is 0.380. The predicted molar refractivity (Wildman–Crippen MR) is 108 cm³/mol. The van der Waals surface area contributed by atoms with Crippen LogP contribution in [0.5, 0.6) is 5.75 Å². The third-order valence-electron chi connectivity index (χ3n) is 4.87. The fourth-order valence-electron chi connectivity index (χ4n) is 3.55. The van der Waals surface area contributed by atoms with Gasteiger partial charge in [0.1, 0.15) is 13.8 Å². The van der Waals surface area contributed by atoms with E-state index in [1.165, 1.54) is 0 Å². The van der Waals surface area contributed by atoms with Crippen LogP contribution in [-0.2, 0) is 5.75 Å². The third-order valence-corrected chi connectivity index (χ3v) is 12.1. The van der Waals surface area contributed by atoms with Gasteiger partial charge in [-0.1, -0.05) is 65.4 Å². The Labute approximate surface area is 156 Å². The van der Waals surface area contributed by atoms with Crippen LogP contribution in [0.2, 0.25) is 16.6 Å². The average molecular weight is 385 g/mol. The van der Waals surface area contributed by atoms with Crippen LogP contribution in [0.3, 0.4) is 0 Å². The largest absolute Gasteiger partial charge is 0.497 e. The molecule has 140 valence electrons. The molecule has 0 radical (unpaired) electrons. The summed E-state index contributed by atoms with van der Waals surface area (Å²) in [6.45, 7) is 12.8. The summed E-state index contributed by atoms with van der Waals surface area (Å²) in [4.78, 5) is 0. The molecule has 0 aliphatic rings. The van der Waals surface area contributed by atoms with Crippen LogP contribution < -0.4 is 4.74 Å². The average Bonchev–Trinajstić information content (AvgIpc) is 2.53. The summed E-state index contributed by atoms with van der Waals surface area (Å²) in [5.74, 6) is 3.30. The van der Waals surface area contributed by atoms with E-state index in [2.05, 4.69) is 53.0 Å². The molecule has 0 amide bonds. The summed E-state index contributed by atoms with van der Waals surface area (Å²) in [5.41, 5.74) is 5.01. The highest BCUT2D eigenvalue weighted by atomic mass is 32.2. The second-order valence-corrected chi connectivity index (χ2v) is 14.0. The van der Waals surface area contributed by atoms with Crippen molar-refractivity contribution in [2.45, 2.75) is 69.2 Å². The molecule has 0 N–H and O–H groups in total. The van der Waals surface area contributed by atoms with E-state index in [1.807, 2.05) is 12.1 Å². The van der Waals surface area contributed by atoms with Crippen molar-refractivity contribution in [1.82, 2.24) is 0 Å². The van der Waals surface area contributed by atoms with Crippen LogP contribution in [-0.4, -0.2) is 20.4 Å².